The van der Waals surface area contributed by atoms with Crippen molar-refractivity contribution in [3.05, 3.63) is 70.8 Å². The van der Waals surface area contributed by atoms with E-state index >= 15 is 0 Å². The normalized spacial score (nSPS) is 16.3. The molecule has 0 saturated carbocycles. The molecule has 0 spiro atoms. The van der Waals surface area contributed by atoms with E-state index in [1.807, 2.05) is 12.1 Å². The van der Waals surface area contributed by atoms with Gasteiger partial charge in [-0.05, 0) is 49.2 Å². The van der Waals surface area contributed by atoms with Crippen molar-refractivity contribution < 1.29 is 14.4 Å². The quantitative estimate of drug-likeness (QED) is 0.737. The van der Waals surface area contributed by atoms with Gasteiger partial charge in [0.15, 0.2) is 0 Å². The highest BCUT2D eigenvalue weighted by Crippen LogP contribution is 2.22. The molecule has 2 aromatic rings. The minimum Gasteiger partial charge on any atom is -0.352 e. The van der Waals surface area contributed by atoms with Crippen molar-refractivity contribution in [3.8, 4) is 0 Å². The Hall–Kier alpha value is -2.99. The number of nitrogens with one attached hydrogen (secondary N) is 1. The van der Waals surface area contributed by atoms with Crippen LogP contribution in [0.3, 0.4) is 0 Å². The topological polar surface area (TPSA) is 69.7 Å². The molecule has 0 aromatic heterocycles. The van der Waals surface area contributed by atoms with Crippen molar-refractivity contribution >= 4 is 17.7 Å². The van der Waals surface area contributed by atoms with E-state index in [1.54, 1.807) is 24.3 Å². The summed E-state index contributed by atoms with van der Waals surface area (Å²) in [7, 11) is 0. The van der Waals surface area contributed by atoms with Gasteiger partial charge in [0.2, 0.25) is 5.91 Å². The summed E-state index contributed by atoms with van der Waals surface area (Å²) in [5.41, 5.74) is 3.13. The van der Waals surface area contributed by atoms with E-state index in [9.17, 15) is 14.4 Å². The third-order valence-corrected chi connectivity index (χ3v) is 5.56. The highest BCUT2D eigenvalue weighted by molar-refractivity contribution is 6.21. The first-order valence-electron chi connectivity index (χ1n) is 10.1. The number of likely N-dealkylation sites (tertiary alicyclic amines) is 1. The van der Waals surface area contributed by atoms with Crippen LogP contribution in [0.4, 0.5) is 0 Å². The molecule has 2 heterocycles. The molecule has 0 radical (unpaired) electrons. The van der Waals surface area contributed by atoms with Crippen molar-refractivity contribution in [2.24, 2.45) is 0 Å². The predicted octanol–water partition coefficient (Wildman–Crippen LogP) is 2.58. The fourth-order valence-corrected chi connectivity index (χ4v) is 3.91. The Labute approximate surface area is 170 Å². The average Bonchev–Trinajstić information content (AvgIpc) is 3.33. The number of carbonyl (C=O) groups excluding carboxylic acids is 3. The molecule has 2 aromatic carbocycles. The summed E-state index contributed by atoms with van der Waals surface area (Å²) in [5, 5.41) is 2.87. The van der Waals surface area contributed by atoms with Crippen molar-refractivity contribution in [1.29, 1.82) is 0 Å². The maximum Gasteiger partial charge on any atom is 0.261 e. The maximum atomic E-state index is 12.3. The van der Waals surface area contributed by atoms with Crippen LogP contribution in [0.5, 0.6) is 0 Å². The largest absolute Gasteiger partial charge is 0.352 e. The molecule has 1 fully saturated rings. The maximum absolute atomic E-state index is 12.3. The standard InChI is InChI=1S/C23H25N3O3/c27-21(11-14-26-22(28)19-5-1-2-6-20(19)23(26)29)24-15-17-7-9-18(10-8-17)16-25-12-3-4-13-25/h1-2,5-10H,3-4,11-16H2,(H,24,27). The average molecular weight is 391 g/mol. The Morgan fingerprint density at radius 3 is 2.07 bits per heavy atom. The van der Waals surface area contributed by atoms with Crippen LogP contribution >= 0.6 is 0 Å². The number of amides is 3. The lowest BCUT2D eigenvalue weighted by Gasteiger charge is -2.15. The summed E-state index contributed by atoms with van der Waals surface area (Å²) < 4.78 is 0. The smallest absolute Gasteiger partial charge is 0.261 e. The summed E-state index contributed by atoms with van der Waals surface area (Å²) in [4.78, 5) is 40.4. The van der Waals surface area contributed by atoms with Crippen LogP contribution in [0.2, 0.25) is 0 Å². The van der Waals surface area contributed by atoms with Crippen LogP contribution in [0.15, 0.2) is 48.5 Å². The molecule has 0 bridgehead atoms. The zero-order valence-electron chi connectivity index (χ0n) is 16.4. The predicted molar refractivity (Wildman–Crippen MR) is 109 cm³/mol. The molecule has 4 rings (SSSR count). The van der Waals surface area contributed by atoms with Gasteiger partial charge in [-0.25, -0.2) is 0 Å². The zero-order chi connectivity index (χ0) is 20.2. The first-order chi connectivity index (χ1) is 14.1. The van der Waals surface area contributed by atoms with Gasteiger partial charge in [0.25, 0.3) is 11.8 Å². The third-order valence-electron chi connectivity index (χ3n) is 5.56. The van der Waals surface area contributed by atoms with Gasteiger partial charge in [-0.1, -0.05) is 36.4 Å². The Kier molecular flexibility index (Phi) is 5.71. The lowest BCUT2D eigenvalue weighted by molar-refractivity contribution is -0.121. The lowest BCUT2D eigenvalue weighted by Crippen LogP contribution is -2.34. The van der Waals surface area contributed by atoms with Crippen LogP contribution in [-0.2, 0) is 17.9 Å². The van der Waals surface area contributed by atoms with Crippen molar-refractivity contribution in [2.75, 3.05) is 19.6 Å². The number of hydrogen-bond donors (Lipinski definition) is 1. The molecular formula is C23H25N3O3. The van der Waals surface area contributed by atoms with Crippen molar-refractivity contribution in [1.82, 2.24) is 15.1 Å². The number of hydrogen-bond acceptors (Lipinski definition) is 4. The first kappa shape index (κ1) is 19.3. The zero-order valence-corrected chi connectivity index (χ0v) is 16.4. The highest BCUT2D eigenvalue weighted by atomic mass is 16.2. The molecular weight excluding hydrogens is 366 g/mol. The van der Waals surface area contributed by atoms with E-state index in [1.165, 1.54) is 31.5 Å². The Morgan fingerprint density at radius 2 is 1.45 bits per heavy atom. The molecule has 6 heteroatoms. The van der Waals surface area contributed by atoms with Gasteiger partial charge in [-0.3, -0.25) is 24.2 Å². The van der Waals surface area contributed by atoms with Gasteiger partial charge < -0.3 is 5.32 Å². The number of carbonyl (C=O) groups is 3. The second-order valence-corrected chi connectivity index (χ2v) is 7.63. The van der Waals surface area contributed by atoms with E-state index in [0.717, 1.165) is 17.0 Å². The molecule has 150 valence electrons. The fourth-order valence-electron chi connectivity index (χ4n) is 3.91. The van der Waals surface area contributed by atoms with Gasteiger partial charge in [-0.2, -0.15) is 0 Å². The van der Waals surface area contributed by atoms with Gasteiger partial charge >= 0.3 is 0 Å². The first-order valence-corrected chi connectivity index (χ1v) is 10.1. The van der Waals surface area contributed by atoms with Crippen molar-refractivity contribution in [3.63, 3.8) is 0 Å². The molecule has 29 heavy (non-hydrogen) atoms. The van der Waals surface area contributed by atoms with E-state index in [4.69, 9.17) is 0 Å². The fraction of sp³-hybridized carbons (Fsp3) is 0.348. The highest BCUT2D eigenvalue weighted by Gasteiger charge is 2.34. The molecule has 0 aliphatic carbocycles. The number of imide groups is 1. The Morgan fingerprint density at radius 1 is 0.862 bits per heavy atom. The monoisotopic (exact) mass is 391 g/mol. The number of benzene rings is 2. The minimum atomic E-state index is -0.327. The summed E-state index contributed by atoms with van der Waals surface area (Å²) in [6, 6.07) is 15.0. The minimum absolute atomic E-state index is 0.0902. The number of rotatable bonds is 7. The van der Waals surface area contributed by atoms with Crippen molar-refractivity contribution in [2.45, 2.75) is 32.4 Å². The van der Waals surface area contributed by atoms with E-state index in [2.05, 4.69) is 22.3 Å². The molecule has 2 aliphatic heterocycles. The van der Waals surface area contributed by atoms with Gasteiger partial charge in [0, 0.05) is 26.1 Å². The second-order valence-electron chi connectivity index (χ2n) is 7.63. The molecule has 1 N–H and O–H groups in total. The molecule has 0 unspecified atom stereocenters. The summed E-state index contributed by atoms with van der Waals surface area (Å²) in [6.45, 7) is 3.85. The van der Waals surface area contributed by atoms with Gasteiger partial charge in [0.1, 0.15) is 0 Å². The summed E-state index contributed by atoms with van der Waals surface area (Å²) >= 11 is 0. The van der Waals surface area contributed by atoms with Crippen LogP contribution in [0.25, 0.3) is 0 Å². The summed E-state index contributed by atoms with van der Waals surface area (Å²) in [5.74, 6) is -0.832. The van der Waals surface area contributed by atoms with E-state index in [0.29, 0.717) is 17.7 Å². The molecule has 0 atom stereocenters. The van der Waals surface area contributed by atoms with E-state index < -0.39 is 0 Å². The van der Waals surface area contributed by atoms with E-state index in [-0.39, 0.29) is 30.7 Å². The van der Waals surface area contributed by atoms with Gasteiger partial charge in [-0.15, -0.1) is 0 Å². The SMILES string of the molecule is O=C(CCN1C(=O)c2ccccc2C1=O)NCc1ccc(CN2CCCC2)cc1. The molecule has 1 saturated heterocycles. The lowest BCUT2D eigenvalue weighted by atomic mass is 10.1. The summed E-state index contributed by atoms with van der Waals surface area (Å²) in [6.07, 6.45) is 2.66. The molecule has 2 aliphatic rings. The Bertz CT molecular complexity index is 882. The van der Waals surface area contributed by atoms with Crippen LogP contribution < -0.4 is 5.32 Å². The molecule has 6 nitrogen and oxygen atoms in total. The third kappa shape index (κ3) is 4.38. The number of fused-ring (bicyclic) bond motifs is 1. The number of nitrogens with zero attached hydrogens (tertiary/aromatic N) is 2. The van der Waals surface area contributed by atoms with Crippen LogP contribution in [0.1, 0.15) is 51.1 Å². The van der Waals surface area contributed by atoms with Gasteiger partial charge in [0.05, 0.1) is 11.1 Å². The molecule has 3 amide bonds. The Balaban J connectivity index is 1.23. The van der Waals surface area contributed by atoms with Crippen LogP contribution in [-0.4, -0.2) is 47.2 Å². The van der Waals surface area contributed by atoms with Crippen LogP contribution in [0, 0.1) is 0 Å². The second kappa shape index (κ2) is 8.57.